The van der Waals surface area contributed by atoms with Crippen LogP contribution in [0.2, 0.25) is 0 Å². The summed E-state index contributed by atoms with van der Waals surface area (Å²) in [5.74, 6) is 0. The zero-order valence-electron chi connectivity index (χ0n) is 7.96. The number of fused-ring (bicyclic) bond motifs is 1. The molecule has 12 heavy (non-hydrogen) atoms. The van der Waals surface area contributed by atoms with Gasteiger partial charge in [0, 0.05) is 39.8 Å². The van der Waals surface area contributed by atoms with Crippen LogP contribution >= 0.6 is 0 Å². The third-order valence-corrected chi connectivity index (χ3v) is 3.30. The minimum absolute atomic E-state index is 0. The zero-order chi connectivity index (χ0) is 7.84. The van der Waals surface area contributed by atoms with Crippen molar-refractivity contribution in [1.29, 1.82) is 0 Å². The Balaban J connectivity index is 0.000000720. The van der Waals surface area contributed by atoms with Gasteiger partial charge >= 0.3 is 0 Å². The molecule has 0 aliphatic heterocycles. The van der Waals surface area contributed by atoms with Crippen molar-refractivity contribution in [1.82, 2.24) is 0 Å². The van der Waals surface area contributed by atoms with Crippen molar-refractivity contribution >= 4 is 45.9 Å². The quantitative estimate of drug-likeness (QED) is 0.527. The van der Waals surface area contributed by atoms with Gasteiger partial charge in [0.15, 0.2) is 0 Å². The van der Waals surface area contributed by atoms with E-state index in [-0.39, 0.29) is 29.6 Å². The molecule has 0 amide bonds. The molecule has 0 bridgehead atoms. The van der Waals surface area contributed by atoms with Crippen LogP contribution in [0.5, 0.6) is 0 Å². The first-order chi connectivity index (χ1) is 5.27. The topological polar surface area (TPSA) is 0 Å². The predicted molar refractivity (Wildman–Crippen MR) is 58.6 cm³/mol. The van der Waals surface area contributed by atoms with Gasteiger partial charge in [-0.1, -0.05) is 35.9 Å². The summed E-state index contributed by atoms with van der Waals surface area (Å²) < 4.78 is 0. The number of hydrogen-bond acceptors (Lipinski definition) is 0. The molecule has 0 saturated carbocycles. The SMILES string of the molecule is Cc1ccc2c(c1)C([SiH3])C=C2.[Na]. The summed E-state index contributed by atoms with van der Waals surface area (Å²) in [7, 11) is 1.24. The van der Waals surface area contributed by atoms with Crippen molar-refractivity contribution in [3.8, 4) is 0 Å². The van der Waals surface area contributed by atoms with E-state index in [2.05, 4.69) is 37.3 Å². The van der Waals surface area contributed by atoms with E-state index < -0.39 is 0 Å². The molecule has 1 aromatic rings. The first-order valence-corrected chi connectivity index (χ1v) is 5.21. The molecule has 0 N–H and O–H groups in total. The molecule has 0 fully saturated rings. The predicted octanol–water partition coefficient (Wildman–Crippen LogP) is 1.05. The van der Waals surface area contributed by atoms with Gasteiger partial charge in [-0.25, -0.2) is 0 Å². The molecule has 1 aliphatic carbocycles. The Bertz CT molecular complexity index is 318. The van der Waals surface area contributed by atoms with E-state index >= 15 is 0 Å². The Morgan fingerprint density at radius 3 is 2.83 bits per heavy atom. The average molecular weight is 183 g/mol. The zero-order valence-corrected chi connectivity index (χ0v) is 12.0. The third-order valence-electron chi connectivity index (χ3n) is 2.30. The van der Waals surface area contributed by atoms with Crippen LogP contribution in [-0.4, -0.2) is 39.8 Å². The summed E-state index contributed by atoms with van der Waals surface area (Å²) in [5, 5.41) is 0. The molecule has 0 heterocycles. The monoisotopic (exact) mass is 183 g/mol. The molecule has 0 saturated heterocycles. The van der Waals surface area contributed by atoms with Gasteiger partial charge < -0.3 is 0 Å². The molecule has 0 nitrogen and oxygen atoms in total. The fourth-order valence-electron chi connectivity index (χ4n) is 1.59. The molecule has 2 heteroatoms. The van der Waals surface area contributed by atoms with Crippen LogP contribution in [0.3, 0.4) is 0 Å². The largest absolute Gasteiger partial charge is 0.0801 e. The summed E-state index contributed by atoms with van der Waals surface area (Å²) in [5.41, 5.74) is 5.10. The second kappa shape index (κ2) is 3.92. The van der Waals surface area contributed by atoms with Gasteiger partial charge in [0.05, 0.1) is 0 Å². The Morgan fingerprint density at radius 2 is 2.08 bits per heavy atom. The van der Waals surface area contributed by atoms with Crippen molar-refractivity contribution in [2.75, 3.05) is 0 Å². The van der Waals surface area contributed by atoms with Crippen LogP contribution in [-0.2, 0) is 0 Å². The van der Waals surface area contributed by atoms with Gasteiger partial charge in [-0.15, -0.1) is 0 Å². The molecule has 57 valence electrons. The minimum Gasteiger partial charge on any atom is -0.0801 e. The summed E-state index contributed by atoms with van der Waals surface area (Å²) in [4.78, 5) is 0. The van der Waals surface area contributed by atoms with E-state index in [4.69, 9.17) is 0 Å². The van der Waals surface area contributed by atoms with E-state index in [1.54, 1.807) is 0 Å². The summed E-state index contributed by atoms with van der Waals surface area (Å²) in [6.07, 6.45) is 4.56. The van der Waals surface area contributed by atoms with Gasteiger partial charge in [-0.05, 0) is 23.6 Å². The molecule has 1 aliphatic rings. The fraction of sp³-hybridized carbons (Fsp3) is 0.200. The molecule has 2 rings (SSSR count). The Labute approximate surface area is 98.8 Å². The van der Waals surface area contributed by atoms with Gasteiger partial charge in [0.1, 0.15) is 0 Å². The maximum Gasteiger partial charge on any atom is 0.0171 e. The molecular formula is C10H12NaSi. The molecule has 0 spiro atoms. The molecule has 1 aromatic carbocycles. The van der Waals surface area contributed by atoms with Crippen molar-refractivity contribution < 1.29 is 0 Å². The summed E-state index contributed by atoms with van der Waals surface area (Å²) in [6.45, 7) is 2.16. The number of benzene rings is 1. The fourth-order valence-corrected chi connectivity index (χ4v) is 2.28. The smallest absolute Gasteiger partial charge is 0.0171 e. The van der Waals surface area contributed by atoms with Crippen molar-refractivity contribution in [3.05, 3.63) is 41.0 Å². The van der Waals surface area contributed by atoms with E-state index in [0.717, 1.165) is 5.54 Å². The molecule has 1 atom stereocenters. The van der Waals surface area contributed by atoms with E-state index in [1.165, 1.54) is 26.9 Å². The van der Waals surface area contributed by atoms with Crippen LogP contribution in [0.4, 0.5) is 0 Å². The minimum atomic E-state index is 0. The van der Waals surface area contributed by atoms with Gasteiger partial charge in [-0.3, -0.25) is 0 Å². The van der Waals surface area contributed by atoms with Crippen molar-refractivity contribution in [2.45, 2.75) is 12.5 Å². The Hall–Kier alpha value is 0.177. The number of rotatable bonds is 0. The van der Waals surface area contributed by atoms with Gasteiger partial charge in [-0.2, -0.15) is 0 Å². The van der Waals surface area contributed by atoms with Crippen LogP contribution in [0.25, 0.3) is 6.08 Å². The molecule has 0 aromatic heterocycles. The second-order valence-electron chi connectivity index (χ2n) is 3.28. The second-order valence-corrected chi connectivity index (χ2v) is 4.52. The molecule has 1 unspecified atom stereocenters. The molecular weight excluding hydrogens is 171 g/mol. The van der Waals surface area contributed by atoms with Crippen LogP contribution in [0.1, 0.15) is 22.2 Å². The van der Waals surface area contributed by atoms with Crippen LogP contribution in [0.15, 0.2) is 24.3 Å². The average Bonchev–Trinajstić information content (AvgIpc) is 2.33. The van der Waals surface area contributed by atoms with E-state index in [1.807, 2.05) is 0 Å². The normalized spacial score (nSPS) is 18.9. The summed E-state index contributed by atoms with van der Waals surface area (Å²) in [6, 6.07) is 6.72. The van der Waals surface area contributed by atoms with Crippen LogP contribution < -0.4 is 0 Å². The van der Waals surface area contributed by atoms with Gasteiger partial charge in [0.25, 0.3) is 0 Å². The Kier molecular flexibility index (Phi) is 3.35. The van der Waals surface area contributed by atoms with Crippen LogP contribution in [0, 0.1) is 6.92 Å². The van der Waals surface area contributed by atoms with Crippen molar-refractivity contribution in [2.24, 2.45) is 0 Å². The van der Waals surface area contributed by atoms with E-state index in [0.29, 0.717) is 0 Å². The Morgan fingerprint density at radius 1 is 1.33 bits per heavy atom. The first kappa shape index (κ1) is 10.3. The third kappa shape index (κ3) is 1.74. The maximum absolute atomic E-state index is 2.32. The van der Waals surface area contributed by atoms with Gasteiger partial charge in [0.2, 0.25) is 0 Å². The standard InChI is InChI=1S/C10H12Si.Na/c1-7-2-3-8-4-5-10(11)9(8)6-7;/h2-6,10H,1,11H3;. The number of hydrogen-bond donors (Lipinski definition) is 0. The summed E-state index contributed by atoms with van der Waals surface area (Å²) >= 11 is 0. The number of aryl methyl sites for hydroxylation is 1. The first-order valence-electron chi connectivity index (χ1n) is 4.06. The van der Waals surface area contributed by atoms with Crippen molar-refractivity contribution in [3.63, 3.8) is 0 Å². The molecule has 1 radical (unpaired) electrons. The maximum atomic E-state index is 2.32. The van der Waals surface area contributed by atoms with E-state index in [9.17, 15) is 0 Å². The number of allylic oxidation sites excluding steroid dienone is 1.